The summed E-state index contributed by atoms with van der Waals surface area (Å²) in [4.78, 5) is 10.8. The number of pyridine rings is 1. The van der Waals surface area contributed by atoms with E-state index in [4.69, 9.17) is 0 Å². The Morgan fingerprint density at radius 3 is 2.58 bits per heavy atom. The van der Waals surface area contributed by atoms with Crippen LogP contribution in [0.15, 0.2) is 61.1 Å². The molecule has 2 aromatic heterocycles. The molecule has 0 saturated heterocycles. The highest BCUT2D eigenvalue weighted by Crippen LogP contribution is 2.13. The molecule has 0 aliphatic carbocycles. The van der Waals surface area contributed by atoms with Crippen molar-refractivity contribution in [1.82, 2.24) is 20.2 Å². The van der Waals surface area contributed by atoms with Gasteiger partial charge in [0.2, 0.25) is 5.95 Å². The molecule has 0 radical (unpaired) electrons. The van der Waals surface area contributed by atoms with E-state index in [1.807, 2.05) is 36.5 Å². The Morgan fingerprint density at radius 2 is 1.83 bits per heavy atom. The maximum Gasteiger partial charge on any atom is 0.247 e. The Hall–Kier alpha value is -3.02. The second-order valence-corrected chi connectivity index (χ2v) is 5.36. The predicted molar refractivity (Wildman–Crippen MR) is 94.6 cm³/mol. The summed E-state index contributed by atoms with van der Waals surface area (Å²) in [5.74, 6) is 1.33. The Bertz CT molecular complexity index is 748. The highest BCUT2D eigenvalue weighted by molar-refractivity contribution is 5.40. The summed E-state index contributed by atoms with van der Waals surface area (Å²) < 4.78 is 0. The Labute approximate surface area is 141 Å². The molecule has 0 unspecified atom stereocenters. The standard InChI is InChI=1S/C18H20N6/c1-2-24(14-15-7-4-3-5-8-15)18-22-17(13-21-23-18)20-12-16-9-6-10-19-11-16/h3-11,13H,2,12,14H2,1H3,(H,20,22,23). The molecular weight excluding hydrogens is 300 g/mol. The maximum absolute atomic E-state index is 4.58. The monoisotopic (exact) mass is 320 g/mol. The number of benzene rings is 1. The van der Waals surface area contributed by atoms with Gasteiger partial charge in [0, 0.05) is 32.0 Å². The van der Waals surface area contributed by atoms with E-state index < -0.39 is 0 Å². The van der Waals surface area contributed by atoms with E-state index in [2.05, 4.69) is 49.4 Å². The number of anilines is 2. The predicted octanol–water partition coefficient (Wildman–Crippen LogP) is 2.91. The van der Waals surface area contributed by atoms with Crippen LogP contribution in [-0.4, -0.2) is 26.7 Å². The van der Waals surface area contributed by atoms with E-state index >= 15 is 0 Å². The van der Waals surface area contributed by atoms with Crippen LogP contribution in [0.1, 0.15) is 18.1 Å². The lowest BCUT2D eigenvalue weighted by Crippen LogP contribution is -2.25. The number of hydrogen-bond acceptors (Lipinski definition) is 6. The van der Waals surface area contributed by atoms with Crippen LogP contribution in [0.4, 0.5) is 11.8 Å². The van der Waals surface area contributed by atoms with Gasteiger partial charge in [-0.25, -0.2) is 0 Å². The van der Waals surface area contributed by atoms with E-state index in [1.165, 1.54) is 5.56 Å². The summed E-state index contributed by atoms with van der Waals surface area (Å²) in [6.45, 7) is 4.30. The lowest BCUT2D eigenvalue weighted by Gasteiger charge is -2.20. The third kappa shape index (κ3) is 4.25. The van der Waals surface area contributed by atoms with Crippen molar-refractivity contribution >= 4 is 11.8 Å². The fourth-order valence-electron chi connectivity index (χ4n) is 2.34. The van der Waals surface area contributed by atoms with Gasteiger partial charge in [0.1, 0.15) is 0 Å². The molecule has 0 saturated carbocycles. The Balaban J connectivity index is 1.69. The van der Waals surface area contributed by atoms with Crippen molar-refractivity contribution in [3.05, 3.63) is 72.2 Å². The minimum absolute atomic E-state index is 0.623. The van der Waals surface area contributed by atoms with Crippen molar-refractivity contribution in [3.8, 4) is 0 Å². The minimum atomic E-state index is 0.623. The first kappa shape index (κ1) is 15.9. The van der Waals surface area contributed by atoms with Crippen LogP contribution in [0.2, 0.25) is 0 Å². The van der Waals surface area contributed by atoms with Crippen molar-refractivity contribution in [2.24, 2.45) is 0 Å². The van der Waals surface area contributed by atoms with Gasteiger partial charge in [0.25, 0.3) is 0 Å². The van der Waals surface area contributed by atoms with Gasteiger partial charge in [-0.3, -0.25) is 4.98 Å². The molecule has 0 spiro atoms. The molecule has 0 amide bonds. The second-order valence-electron chi connectivity index (χ2n) is 5.36. The zero-order valence-corrected chi connectivity index (χ0v) is 13.6. The summed E-state index contributed by atoms with van der Waals surface area (Å²) in [7, 11) is 0. The normalized spacial score (nSPS) is 10.4. The molecule has 0 bridgehead atoms. The second kappa shape index (κ2) is 8.01. The van der Waals surface area contributed by atoms with Crippen molar-refractivity contribution < 1.29 is 0 Å². The van der Waals surface area contributed by atoms with Crippen molar-refractivity contribution in [3.63, 3.8) is 0 Å². The van der Waals surface area contributed by atoms with E-state index in [9.17, 15) is 0 Å². The smallest absolute Gasteiger partial charge is 0.247 e. The van der Waals surface area contributed by atoms with E-state index in [0.717, 1.165) is 18.7 Å². The SMILES string of the molecule is CCN(Cc1ccccc1)c1nncc(NCc2cccnc2)n1. The fraction of sp³-hybridized carbons (Fsp3) is 0.222. The molecule has 0 aliphatic heterocycles. The average Bonchev–Trinajstić information content (AvgIpc) is 2.66. The number of aromatic nitrogens is 4. The highest BCUT2D eigenvalue weighted by atomic mass is 15.3. The lowest BCUT2D eigenvalue weighted by atomic mass is 10.2. The Kier molecular flexibility index (Phi) is 5.29. The molecule has 3 rings (SSSR count). The largest absolute Gasteiger partial charge is 0.364 e. The van der Waals surface area contributed by atoms with E-state index in [1.54, 1.807) is 12.4 Å². The first-order valence-electron chi connectivity index (χ1n) is 7.96. The van der Waals surface area contributed by atoms with Crippen LogP contribution in [0.25, 0.3) is 0 Å². The molecule has 6 nitrogen and oxygen atoms in total. The van der Waals surface area contributed by atoms with Crippen molar-refractivity contribution in [1.29, 1.82) is 0 Å². The number of hydrogen-bond donors (Lipinski definition) is 1. The van der Waals surface area contributed by atoms with Gasteiger partial charge in [0.05, 0.1) is 6.20 Å². The molecule has 0 aliphatic rings. The lowest BCUT2D eigenvalue weighted by molar-refractivity contribution is 0.769. The molecule has 24 heavy (non-hydrogen) atoms. The quantitative estimate of drug-likeness (QED) is 0.722. The van der Waals surface area contributed by atoms with Gasteiger partial charge in [0.15, 0.2) is 5.82 Å². The van der Waals surface area contributed by atoms with Gasteiger partial charge in [-0.15, -0.1) is 5.10 Å². The summed E-state index contributed by atoms with van der Waals surface area (Å²) >= 11 is 0. The molecule has 122 valence electrons. The van der Waals surface area contributed by atoms with E-state index in [0.29, 0.717) is 18.3 Å². The summed E-state index contributed by atoms with van der Waals surface area (Å²) in [5, 5.41) is 11.5. The zero-order chi connectivity index (χ0) is 16.6. The molecule has 3 aromatic rings. The van der Waals surface area contributed by atoms with Gasteiger partial charge in [-0.1, -0.05) is 36.4 Å². The topological polar surface area (TPSA) is 66.8 Å². The summed E-state index contributed by atoms with van der Waals surface area (Å²) in [6.07, 6.45) is 5.23. The molecular formula is C18H20N6. The average molecular weight is 320 g/mol. The van der Waals surface area contributed by atoms with Crippen molar-refractivity contribution in [2.75, 3.05) is 16.8 Å². The first-order chi connectivity index (χ1) is 11.8. The van der Waals surface area contributed by atoms with Crippen molar-refractivity contribution in [2.45, 2.75) is 20.0 Å². The molecule has 2 heterocycles. The van der Waals surface area contributed by atoms with Gasteiger partial charge >= 0.3 is 0 Å². The molecule has 1 aromatic carbocycles. The van der Waals surface area contributed by atoms with Crippen LogP contribution < -0.4 is 10.2 Å². The highest BCUT2D eigenvalue weighted by Gasteiger charge is 2.10. The first-order valence-corrected chi connectivity index (χ1v) is 7.96. The van der Waals surface area contributed by atoms with Gasteiger partial charge < -0.3 is 10.2 Å². The Morgan fingerprint density at radius 1 is 1.00 bits per heavy atom. The van der Waals surface area contributed by atoms with Gasteiger partial charge in [-0.05, 0) is 24.1 Å². The number of rotatable bonds is 7. The van der Waals surface area contributed by atoms with Gasteiger partial charge in [-0.2, -0.15) is 10.1 Å². The van der Waals surface area contributed by atoms with Crippen LogP contribution in [0.5, 0.6) is 0 Å². The molecule has 6 heteroatoms. The zero-order valence-electron chi connectivity index (χ0n) is 13.6. The molecule has 0 atom stereocenters. The molecule has 1 N–H and O–H groups in total. The molecule has 0 fully saturated rings. The third-order valence-electron chi connectivity index (χ3n) is 3.62. The number of nitrogens with one attached hydrogen (secondary N) is 1. The maximum atomic E-state index is 4.58. The minimum Gasteiger partial charge on any atom is -0.364 e. The van der Waals surface area contributed by atoms with Crippen LogP contribution in [0.3, 0.4) is 0 Å². The summed E-state index contributed by atoms with van der Waals surface area (Å²) in [6, 6.07) is 14.2. The third-order valence-corrected chi connectivity index (χ3v) is 3.62. The van der Waals surface area contributed by atoms with Crippen LogP contribution >= 0.6 is 0 Å². The number of nitrogens with zero attached hydrogens (tertiary/aromatic N) is 5. The fourth-order valence-corrected chi connectivity index (χ4v) is 2.34. The van der Waals surface area contributed by atoms with Crippen LogP contribution in [0, 0.1) is 0 Å². The van der Waals surface area contributed by atoms with E-state index in [-0.39, 0.29) is 0 Å². The summed E-state index contributed by atoms with van der Waals surface area (Å²) in [5.41, 5.74) is 2.31. The van der Waals surface area contributed by atoms with Crippen LogP contribution in [-0.2, 0) is 13.1 Å².